The van der Waals surface area contributed by atoms with E-state index in [0.717, 1.165) is 43.4 Å². The van der Waals surface area contributed by atoms with E-state index in [-0.39, 0.29) is 0 Å². The molecule has 2 N–H and O–H groups in total. The van der Waals surface area contributed by atoms with Crippen LogP contribution in [0.5, 0.6) is 0 Å². The van der Waals surface area contributed by atoms with Crippen LogP contribution >= 0.6 is 0 Å². The average Bonchev–Trinajstić information content (AvgIpc) is 3.38. The fourth-order valence-corrected chi connectivity index (χ4v) is 4.22. The first kappa shape index (κ1) is 20.4. The molecule has 0 spiro atoms. The maximum atomic E-state index is 4.75. The third-order valence-corrected chi connectivity index (χ3v) is 5.86. The van der Waals surface area contributed by atoms with Gasteiger partial charge in [-0.1, -0.05) is 36.4 Å². The molecule has 3 aromatic rings. The number of imidazole rings is 1. The first-order chi connectivity index (χ1) is 14.7. The van der Waals surface area contributed by atoms with Crippen LogP contribution in [0.2, 0.25) is 0 Å². The van der Waals surface area contributed by atoms with Crippen LogP contribution in [0.15, 0.2) is 59.9 Å². The summed E-state index contributed by atoms with van der Waals surface area (Å²) in [5.41, 5.74) is 4.72. The molecule has 0 amide bonds. The number of rotatable bonds is 7. The van der Waals surface area contributed by atoms with Crippen LogP contribution in [0.1, 0.15) is 29.7 Å². The molecule has 0 radical (unpaired) electrons. The van der Waals surface area contributed by atoms with Crippen LogP contribution in [-0.2, 0) is 13.0 Å². The zero-order valence-corrected chi connectivity index (χ0v) is 18.0. The van der Waals surface area contributed by atoms with Crippen LogP contribution in [0, 0.1) is 6.92 Å². The third kappa shape index (κ3) is 5.00. The van der Waals surface area contributed by atoms with Crippen molar-refractivity contribution in [1.29, 1.82) is 0 Å². The minimum absolute atomic E-state index is 0.546. The molecule has 1 aliphatic rings. The lowest BCUT2D eigenvalue weighted by Gasteiger charge is -2.25. The highest BCUT2D eigenvalue weighted by atomic mass is 15.2. The van der Waals surface area contributed by atoms with Gasteiger partial charge in [-0.2, -0.15) is 0 Å². The minimum Gasteiger partial charge on any atom is -0.356 e. The molecule has 1 fully saturated rings. The normalized spacial score (nSPS) is 17.5. The second-order valence-corrected chi connectivity index (χ2v) is 8.04. The monoisotopic (exact) mass is 404 g/mol. The molecule has 0 bridgehead atoms. The molecular weight excluding hydrogens is 372 g/mol. The fourth-order valence-electron chi connectivity index (χ4n) is 4.22. The number of hydrogen-bond donors (Lipinski definition) is 2. The largest absolute Gasteiger partial charge is 0.356 e. The van der Waals surface area contributed by atoms with Crippen molar-refractivity contribution in [2.75, 3.05) is 26.7 Å². The molecule has 1 unspecified atom stereocenters. The van der Waals surface area contributed by atoms with E-state index in [1.165, 1.54) is 30.5 Å². The van der Waals surface area contributed by atoms with Crippen LogP contribution in [0.25, 0.3) is 5.65 Å². The first-order valence-electron chi connectivity index (χ1n) is 10.9. The molecule has 0 saturated carbocycles. The van der Waals surface area contributed by atoms with Crippen molar-refractivity contribution in [3.05, 3.63) is 71.7 Å². The summed E-state index contributed by atoms with van der Waals surface area (Å²) < 4.78 is 2.10. The number of benzene rings is 1. The Morgan fingerprint density at radius 1 is 1.17 bits per heavy atom. The Kier molecular flexibility index (Phi) is 6.64. The summed E-state index contributed by atoms with van der Waals surface area (Å²) in [6.45, 7) is 6.01. The Hall–Kier alpha value is -2.86. The summed E-state index contributed by atoms with van der Waals surface area (Å²) in [5.74, 6) is 0.863. The fraction of sp³-hybridized carbons (Fsp3) is 0.417. The molecule has 1 atom stereocenters. The van der Waals surface area contributed by atoms with Gasteiger partial charge in [-0.05, 0) is 43.5 Å². The Morgan fingerprint density at radius 2 is 2.03 bits per heavy atom. The van der Waals surface area contributed by atoms with Gasteiger partial charge in [-0.25, -0.2) is 4.98 Å². The van der Waals surface area contributed by atoms with Crippen LogP contribution in [-0.4, -0.2) is 53.0 Å². The smallest absolute Gasteiger partial charge is 0.191 e. The molecule has 1 aromatic carbocycles. The van der Waals surface area contributed by atoms with Crippen LogP contribution in [0.4, 0.5) is 0 Å². The Labute approximate surface area is 179 Å². The number of pyridine rings is 1. The van der Waals surface area contributed by atoms with E-state index in [0.29, 0.717) is 6.04 Å². The van der Waals surface area contributed by atoms with Gasteiger partial charge in [0.1, 0.15) is 5.65 Å². The van der Waals surface area contributed by atoms with Crippen molar-refractivity contribution in [1.82, 2.24) is 24.9 Å². The van der Waals surface area contributed by atoms with E-state index in [1.54, 1.807) is 0 Å². The number of likely N-dealkylation sites (tertiary alicyclic amines) is 1. The molecular formula is C24H32N6. The van der Waals surface area contributed by atoms with Gasteiger partial charge in [-0.3, -0.25) is 9.89 Å². The number of aliphatic imine (C=N–C) groups is 1. The van der Waals surface area contributed by atoms with Gasteiger partial charge in [0.2, 0.25) is 0 Å². The highest BCUT2D eigenvalue weighted by molar-refractivity contribution is 5.79. The molecule has 30 heavy (non-hydrogen) atoms. The van der Waals surface area contributed by atoms with E-state index in [9.17, 15) is 0 Å². The molecule has 2 aromatic heterocycles. The summed E-state index contributed by atoms with van der Waals surface area (Å²) in [6.07, 6.45) is 7.52. The van der Waals surface area contributed by atoms with Gasteiger partial charge in [0.25, 0.3) is 0 Å². The number of hydrogen-bond acceptors (Lipinski definition) is 3. The van der Waals surface area contributed by atoms with Crippen molar-refractivity contribution in [2.45, 2.75) is 38.8 Å². The van der Waals surface area contributed by atoms with Gasteiger partial charge in [-0.15, -0.1) is 0 Å². The predicted molar refractivity (Wildman–Crippen MR) is 123 cm³/mol. The van der Waals surface area contributed by atoms with Crippen LogP contribution < -0.4 is 10.6 Å². The van der Waals surface area contributed by atoms with Gasteiger partial charge in [0.05, 0.1) is 5.69 Å². The SMILES string of the molecule is CN=C(NCCc1cn2cccc(C)c2n1)NCC1CCCN1Cc1ccccc1. The highest BCUT2D eigenvalue weighted by Crippen LogP contribution is 2.19. The first-order valence-corrected chi connectivity index (χ1v) is 10.9. The zero-order chi connectivity index (χ0) is 20.8. The number of fused-ring (bicyclic) bond motifs is 1. The van der Waals surface area contributed by atoms with Crippen LogP contribution in [0.3, 0.4) is 0 Å². The Bertz CT molecular complexity index is 978. The van der Waals surface area contributed by atoms with Gasteiger partial charge in [0, 0.05) is 51.5 Å². The summed E-state index contributed by atoms with van der Waals surface area (Å²) in [4.78, 5) is 11.7. The molecule has 0 aliphatic carbocycles. The van der Waals surface area contributed by atoms with Crippen molar-refractivity contribution in [3.63, 3.8) is 0 Å². The summed E-state index contributed by atoms with van der Waals surface area (Å²) in [6, 6.07) is 15.4. The lowest BCUT2D eigenvalue weighted by Crippen LogP contribution is -2.45. The summed E-state index contributed by atoms with van der Waals surface area (Å²) in [5, 5.41) is 6.96. The van der Waals surface area contributed by atoms with Gasteiger partial charge in [0.15, 0.2) is 5.96 Å². The predicted octanol–water partition coefficient (Wildman–Crippen LogP) is 3.01. The van der Waals surface area contributed by atoms with E-state index >= 15 is 0 Å². The second kappa shape index (κ2) is 9.76. The minimum atomic E-state index is 0.546. The number of aromatic nitrogens is 2. The molecule has 4 rings (SSSR count). The van der Waals surface area contributed by atoms with E-state index in [2.05, 4.69) is 86.7 Å². The zero-order valence-electron chi connectivity index (χ0n) is 18.0. The van der Waals surface area contributed by atoms with Gasteiger partial charge >= 0.3 is 0 Å². The van der Waals surface area contributed by atoms with Crippen molar-refractivity contribution in [3.8, 4) is 0 Å². The number of aryl methyl sites for hydroxylation is 1. The average molecular weight is 405 g/mol. The lowest BCUT2D eigenvalue weighted by atomic mass is 10.2. The van der Waals surface area contributed by atoms with E-state index < -0.39 is 0 Å². The standard InChI is InChI=1S/C24H32N6/c1-19-8-6-15-30-18-21(28-23(19)30)12-13-26-24(25-2)27-16-22-11-7-14-29(22)17-20-9-4-3-5-10-20/h3-6,8-10,15,18,22H,7,11-14,16-17H2,1-2H3,(H2,25,26,27). The molecule has 1 saturated heterocycles. The number of guanidine groups is 1. The van der Waals surface area contributed by atoms with E-state index in [4.69, 9.17) is 4.98 Å². The summed E-state index contributed by atoms with van der Waals surface area (Å²) >= 11 is 0. The highest BCUT2D eigenvalue weighted by Gasteiger charge is 2.24. The quantitative estimate of drug-likeness (QED) is 0.470. The third-order valence-electron chi connectivity index (χ3n) is 5.86. The molecule has 1 aliphatic heterocycles. The van der Waals surface area contributed by atoms with Crippen molar-refractivity contribution >= 4 is 11.6 Å². The van der Waals surface area contributed by atoms with Crippen molar-refractivity contribution in [2.24, 2.45) is 4.99 Å². The topological polar surface area (TPSA) is 57.0 Å². The Balaban J connectivity index is 1.24. The molecule has 6 heteroatoms. The lowest BCUT2D eigenvalue weighted by molar-refractivity contribution is 0.245. The maximum Gasteiger partial charge on any atom is 0.191 e. The number of nitrogens with one attached hydrogen (secondary N) is 2. The maximum absolute atomic E-state index is 4.75. The Morgan fingerprint density at radius 3 is 2.83 bits per heavy atom. The van der Waals surface area contributed by atoms with Crippen molar-refractivity contribution < 1.29 is 0 Å². The second-order valence-electron chi connectivity index (χ2n) is 8.04. The molecule has 3 heterocycles. The van der Waals surface area contributed by atoms with E-state index in [1.807, 2.05) is 7.05 Å². The van der Waals surface area contributed by atoms with Gasteiger partial charge < -0.3 is 15.0 Å². The number of nitrogens with zero attached hydrogens (tertiary/aromatic N) is 4. The molecule has 158 valence electrons. The molecule has 6 nitrogen and oxygen atoms in total. The summed E-state index contributed by atoms with van der Waals surface area (Å²) in [7, 11) is 1.83.